The van der Waals surface area contributed by atoms with Crippen LogP contribution in [0.3, 0.4) is 0 Å². The van der Waals surface area contributed by atoms with Gasteiger partial charge in [-0.3, -0.25) is 0 Å². The highest BCUT2D eigenvalue weighted by molar-refractivity contribution is 7.11. The standard InChI is InChI=1S/C12H12N2OS/c1-9-2-5-12(16-9)8-14-7-11-4-3-10(6-13)15-11/h2-5,14H,7-8H2,1H3. The lowest BCUT2D eigenvalue weighted by Crippen LogP contribution is -2.10. The number of nitrogens with one attached hydrogen (secondary N) is 1. The van der Waals surface area contributed by atoms with Crippen molar-refractivity contribution in [3.05, 3.63) is 45.5 Å². The molecule has 0 saturated carbocycles. The number of hydrogen-bond acceptors (Lipinski definition) is 4. The van der Waals surface area contributed by atoms with Crippen LogP contribution in [0.15, 0.2) is 28.7 Å². The van der Waals surface area contributed by atoms with Crippen LogP contribution in [0, 0.1) is 18.3 Å². The van der Waals surface area contributed by atoms with Gasteiger partial charge in [0.1, 0.15) is 11.8 Å². The van der Waals surface area contributed by atoms with Gasteiger partial charge in [0, 0.05) is 16.3 Å². The summed E-state index contributed by atoms with van der Waals surface area (Å²) in [6, 6.07) is 9.71. The van der Waals surface area contributed by atoms with Crippen LogP contribution in [0.4, 0.5) is 0 Å². The van der Waals surface area contributed by atoms with E-state index in [0.29, 0.717) is 12.3 Å². The maximum atomic E-state index is 8.59. The molecule has 82 valence electrons. The highest BCUT2D eigenvalue weighted by Crippen LogP contribution is 2.14. The molecule has 2 rings (SSSR count). The second-order valence-electron chi connectivity index (χ2n) is 3.49. The topological polar surface area (TPSA) is 49.0 Å². The quantitative estimate of drug-likeness (QED) is 0.881. The number of aryl methyl sites for hydroxylation is 1. The summed E-state index contributed by atoms with van der Waals surface area (Å²) in [5.41, 5.74) is 0. The van der Waals surface area contributed by atoms with E-state index < -0.39 is 0 Å². The lowest BCUT2D eigenvalue weighted by atomic mass is 10.4. The van der Waals surface area contributed by atoms with Gasteiger partial charge < -0.3 is 9.73 Å². The van der Waals surface area contributed by atoms with Gasteiger partial charge in [0.2, 0.25) is 5.76 Å². The van der Waals surface area contributed by atoms with Gasteiger partial charge >= 0.3 is 0 Å². The van der Waals surface area contributed by atoms with Crippen molar-refractivity contribution in [1.82, 2.24) is 5.32 Å². The second kappa shape index (κ2) is 4.97. The fourth-order valence-electron chi connectivity index (χ4n) is 1.42. The molecule has 4 heteroatoms. The van der Waals surface area contributed by atoms with Gasteiger partial charge in [-0.2, -0.15) is 5.26 Å². The molecule has 0 fully saturated rings. The molecule has 2 heterocycles. The molecule has 2 aromatic rings. The number of rotatable bonds is 4. The fraction of sp³-hybridized carbons (Fsp3) is 0.250. The SMILES string of the molecule is Cc1ccc(CNCc2ccc(C#N)o2)s1. The maximum Gasteiger partial charge on any atom is 0.203 e. The van der Waals surface area contributed by atoms with E-state index in [2.05, 4.69) is 24.4 Å². The van der Waals surface area contributed by atoms with Crippen LogP contribution in [-0.2, 0) is 13.1 Å². The number of nitrogens with zero attached hydrogens (tertiary/aromatic N) is 1. The molecule has 2 aromatic heterocycles. The Morgan fingerprint density at radius 3 is 2.81 bits per heavy atom. The van der Waals surface area contributed by atoms with E-state index in [0.717, 1.165) is 12.3 Å². The summed E-state index contributed by atoms with van der Waals surface area (Å²) in [6.45, 7) is 3.58. The first kappa shape index (κ1) is 10.9. The molecule has 0 aliphatic heterocycles. The van der Waals surface area contributed by atoms with Crippen molar-refractivity contribution in [3.8, 4) is 6.07 Å². The van der Waals surface area contributed by atoms with Gasteiger partial charge in [-0.05, 0) is 31.2 Å². The van der Waals surface area contributed by atoms with Crippen molar-refractivity contribution in [1.29, 1.82) is 5.26 Å². The highest BCUT2D eigenvalue weighted by Gasteiger charge is 2.01. The van der Waals surface area contributed by atoms with Crippen molar-refractivity contribution in [2.75, 3.05) is 0 Å². The highest BCUT2D eigenvalue weighted by atomic mass is 32.1. The van der Waals surface area contributed by atoms with E-state index >= 15 is 0 Å². The second-order valence-corrected chi connectivity index (χ2v) is 4.87. The zero-order valence-electron chi connectivity index (χ0n) is 8.99. The van der Waals surface area contributed by atoms with Crippen molar-refractivity contribution >= 4 is 11.3 Å². The Morgan fingerprint density at radius 1 is 1.31 bits per heavy atom. The van der Waals surface area contributed by atoms with E-state index in [1.807, 2.05) is 12.1 Å². The first-order valence-corrected chi connectivity index (χ1v) is 5.84. The Labute approximate surface area is 98.3 Å². The van der Waals surface area contributed by atoms with Crippen molar-refractivity contribution in [2.24, 2.45) is 0 Å². The summed E-state index contributed by atoms with van der Waals surface area (Å²) in [5.74, 6) is 1.16. The summed E-state index contributed by atoms with van der Waals surface area (Å²) in [5, 5.41) is 11.9. The minimum absolute atomic E-state index is 0.365. The van der Waals surface area contributed by atoms with E-state index in [1.165, 1.54) is 9.75 Å². The third kappa shape index (κ3) is 2.72. The van der Waals surface area contributed by atoms with Crippen molar-refractivity contribution in [3.63, 3.8) is 0 Å². The summed E-state index contributed by atoms with van der Waals surface area (Å²) in [7, 11) is 0. The summed E-state index contributed by atoms with van der Waals surface area (Å²) in [6.07, 6.45) is 0. The van der Waals surface area contributed by atoms with Gasteiger partial charge in [0.05, 0.1) is 6.54 Å². The third-order valence-electron chi connectivity index (χ3n) is 2.17. The van der Waals surface area contributed by atoms with Crippen LogP contribution in [0.2, 0.25) is 0 Å². The molecule has 0 aliphatic rings. The van der Waals surface area contributed by atoms with Crippen LogP contribution in [0.1, 0.15) is 21.3 Å². The largest absolute Gasteiger partial charge is 0.449 e. The lowest BCUT2D eigenvalue weighted by Gasteiger charge is -1.99. The average molecular weight is 232 g/mol. The Kier molecular flexibility index (Phi) is 3.40. The molecule has 0 atom stereocenters. The molecule has 0 amide bonds. The van der Waals surface area contributed by atoms with Crippen LogP contribution in [0.25, 0.3) is 0 Å². The van der Waals surface area contributed by atoms with Crippen LogP contribution in [0.5, 0.6) is 0 Å². The van der Waals surface area contributed by atoms with Gasteiger partial charge in [-0.15, -0.1) is 11.3 Å². The predicted octanol–water partition coefficient (Wildman–Crippen LogP) is 2.81. The van der Waals surface area contributed by atoms with Gasteiger partial charge in [0.15, 0.2) is 0 Å². The molecule has 0 aromatic carbocycles. The molecule has 0 aliphatic carbocycles. The zero-order valence-corrected chi connectivity index (χ0v) is 9.80. The third-order valence-corrected chi connectivity index (χ3v) is 3.17. The predicted molar refractivity (Wildman–Crippen MR) is 63.0 cm³/mol. The molecule has 1 N–H and O–H groups in total. The molecule has 0 bridgehead atoms. The molecular formula is C12H12N2OS. The maximum absolute atomic E-state index is 8.59. The monoisotopic (exact) mass is 232 g/mol. The minimum atomic E-state index is 0.365. The molecule has 0 radical (unpaired) electrons. The lowest BCUT2D eigenvalue weighted by molar-refractivity contribution is 0.474. The number of nitriles is 1. The summed E-state index contributed by atoms with van der Waals surface area (Å²) < 4.78 is 5.26. The summed E-state index contributed by atoms with van der Waals surface area (Å²) >= 11 is 1.79. The average Bonchev–Trinajstić information content (AvgIpc) is 2.88. The first-order chi connectivity index (χ1) is 7.78. The zero-order chi connectivity index (χ0) is 11.4. The molecule has 16 heavy (non-hydrogen) atoms. The first-order valence-electron chi connectivity index (χ1n) is 5.03. The van der Waals surface area contributed by atoms with Crippen molar-refractivity contribution in [2.45, 2.75) is 20.0 Å². The van der Waals surface area contributed by atoms with E-state index in [4.69, 9.17) is 9.68 Å². The number of furan rings is 1. The van der Waals surface area contributed by atoms with Crippen LogP contribution in [-0.4, -0.2) is 0 Å². The van der Waals surface area contributed by atoms with E-state index in [9.17, 15) is 0 Å². The van der Waals surface area contributed by atoms with E-state index in [1.54, 1.807) is 17.4 Å². The summed E-state index contributed by atoms with van der Waals surface area (Å²) in [4.78, 5) is 2.63. The molecular weight excluding hydrogens is 220 g/mol. The minimum Gasteiger partial charge on any atom is -0.449 e. The fourth-order valence-corrected chi connectivity index (χ4v) is 2.28. The normalized spacial score (nSPS) is 10.2. The molecule has 0 spiro atoms. The van der Waals surface area contributed by atoms with Crippen LogP contribution < -0.4 is 5.32 Å². The number of thiophene rings is 1. The Bertz CT molecular complexity index is 507. The van der Waals surface area contributed by atoms with E-state index in [-0.39, 0.29) is 0 Å². The Morgan fingerprint density at radius 2 is 2.19 bits per heavy atom. The van der Waals surface area contributed by atoms with Gasteiger partial charge in [0.25, 0.3) is 0 Å². The molecule has 0 saturated heterocycles. The van der Waals surface area contributed by atoms with Crippen molar-refractivity contribution < 1.29 is 4.42 Å². The Hall–Kier alpha value is -1.57. The smallest absolute Gasteiger partial charge is 0.203 e. The molecule has 0 unspecified atom stereocenters. The van der Waals surface area contributed by atoms with Gasteiger partial charge in [-0.25, -0.2) is 0 Å². The Balaban J connectivity index is 1.82. The van der Waals surface area contributed by atoms with Gasteiger partial charge in [-0.1, -0.05) is 0 Å². The molecule has 3 nitrogen and oxygen atoms in total. The number of hydrogen-bond donors (Lipinski definition) is 1. The van der Waals surface area contributed by atoms with Crippen LogP contribution >= 0.6 is 11.3 Å².